The van der Waals surface area contributed by atoms with Gasteiger partial charge in [-0.2, -0.15) is 4.39 Å². The first-order chi connectivity index (χ1) is 7.11. The minimum Gasteiger partial charge on any atom is -0.264 e. The molecule has 0 atom stereocenters. The molecule has 1 aromatic carbocycles. The van der Waals surface area contributed by atoms with Gasteiger partial charge in [-0.1, -0.05) is 0 Å². The average molecular weight is 271 g/mol. The molecule has 0 saturated heterocycles. The van der Waals surface area contributed by atoms with E-state index in [-0.39, 0.29) is 4.47 Å². The Morgan fingerprint density at radius 3 is 2.93 bits per heavy atom. The number of aromatic nitrogens is 1. The number of nitro groups is 1. The Hall–Kier alpha value is -1.56. The van der Waals surface area contributed by atoms with E-state index in [0.29, 0.717) is 10.8 Å². The molecule has 0 aliphatic heterocycles. The predicted molar refractivity (Wildman–Crippen MR) is 56.1 cm³/mol. The molecule has 0 N–H and O–H groups in total. The zero-order chi connectivity index (χ0) is 11.0. The van der Waals surface area contributed by atoms with Gasteiger partial charge < -0.3 is 0 Å². The summed E-state index contributed by atoms with van der Waals surface area (Å²) in [7, 11) is 0. The molecule has 0 saturated carbocycles. The second-order valence-corrected chi connectivity index (χ2v) is 3.67. The number of fused-ring (bicyclic) bond motifs is 1. The maximum atomic E-state index is 13.3. The number of halogens is 2. The lowest BCUT2D eigenvalue weighted by molar-refractivity contribution is -0.388. The maximum absolute atomic E-state index is 13.3. The summed E-state index contributed by atoms with van der Waals surface area (Å²) in [6.45, 7) is 0. The first kappa shape index (κ1) is 9.97. The van der Waals surface area contributed by atoms with Crippen LogP contribution in [0.1, 0.15) is 0 Å². The summed E-state index contributed by atoms with van der Waals surface area (Å²) in [6.07, 6.45) is 2.95. The van der Waals surface area contributed by atoms with Gasteiger partial charge in [0.25, 0.3) is 0 Å². The highest BCUT2D eigenvalue weighted by Gasteiger charge is 2.21. The minimum absolute atomic E-state index is 0.121. The molecule has 0 radical (unpaired) electrons. The van der Waals surface area contributed by atoms with Crippen molar-refractivity contribution in [1.82, 2.24) is 4.98 Å². The average Bonchev–Trinajstić information content (AvgIpc) is 2.17. The number of nitrogens with zero attached hydrogens (tertiary/aromatic N) is 2. The van der Waals surface area contributed by atoms with Crippen LogP contribution in [0.3, 0.4) is 0 Å². The van der Waals surface area contributed by atoms with Gasteiger partial charge in [-0.3, -0.25) is 15.1 Å². The fourth-order valence-corrected chi connectivity index (χ4v) is 1.98. The van der Waals surface area contributed by atoms with E-state index in [0.717, 1.165) is 6.07 Å². The van der Waals surface area contributed by atoms with Crippen LogP contribution in [0.4, 0.5) is 10.1 Å². The molecule has 1 heterocycles. The van der Waals surface area contributed by atoms with Gasteiger partial charge in [-0.25, -0.2) is 0 Å². The Labute approximate surface area is 92.0 Å². The summed E-state index contributed by atoms with van der Waals surface area (Å²) in [4.78, 5) is 13.7. The normalized spacial score (nSPS) is 10.5. The molecule has 0 spiro atoms. The number of rotatable bonds is 1. The van der Waals surface area contributed by atoms with E-state index in [9.17, 15) is 14.5 Å². The Kier molecular flexibility index (Phi) is 2.36. The molecule has 2 rings (SSSR count). The Balaban J connectivity index is 2.90. The molecule has 15 heavy (non-hydrogen) atoms. The molecule has 0 bridgehead atoms. The summed E-state index contributed by atoms with van der Waals surface area (Å²) >= 11 is 3.01. The quantitative estimate of drug-likeness (QED) is 0.591. The molecule has 0 amide bonds. The van der Waals surface area contributed by atoms with Crippen molar-refractivity contribution in [3.63, 3.8) is 0 Å². The van der Waals surface area contributed by atoms with Gasteiger partial charge in [-0.05, 0) is 33.4 Å². The van der Waals surface area contributed by atoms with Gasteiger partial charge in [-0.15, -0.1) is 0 Å². The van der Waals surface area contributed by atoms with Crippen LogP contribution in [0.15, 0.2) is 29.0 Å². The van der Waals surface area contributed by atoms with Crippen LogP contribution in [0.25, 0.3) is 10.8 Å². The summed E-state index contributed by atoms with van der Waals surface area (Å²) < 4.78 is 13.5. The van der Waals surface area contributed by atoms with Crippen LogP contribution < -0.4 is 0 Å². The summed E-state index contributed by atoms with van der Waals surface area (Å²) in [5, 5.41) is 11.7. The zero-order valence-electron chi connectivity index (χ0n) is 7.28. The van der Waals surface area contributed by atoms with Crippen LogP contribution in [0.5, 0.6) is 0 Å². The molecule has 6 heteroatoms. The van der Waals surface area contributed by atoms with Crippen molar-refractivity contribution in [2.75, 3.05) is 0 Å². The van der Waals surface area contributed by atoms with E-state index in [4.69, 9.17) is 0 Å². The second-order valence-electron chi connectivity index (χ2n) is 2.87. The van der Waals surface area contributed by atoms with Gasteiger partial charge in [0.15, 0.2) is 0 Å². The van der Waals surface area contributed by atoms with Gasteiger partial charge >= 0.3 is 5.69 Å². The van der Waals surface area contributed by atoms with Crippen LogP contribution in [-0.2, 0) is 0 Å². The molecular formula is C9H4BrFN2O2. The lowest BCUT2D eigenvalue weighted by Gasteiger charge is -2.01. The van der Waals surface area contributed by atoms with Crippen molar-refractivity contribution in [2.45, 2.75) is 0 Å². The SMILES string of the molecule is O=[N+]([O-])c1c(F)cc2ccncc2c1Br. The summed E-state index contributed by atoms with van der Waals surface area (Å²) in [5.74, 6) is -0.856. The Bertz CT molecular complexity index is 559. The molecule has 0 fully saturated rings. The van der Waals surface area contributed by atoms with E-state index in [2.05, 4.69) is 20.9 Å². The van der Waals surface area contributed by atoms with E-state index in [1.807, 2.05) is 0 Å². The second kappa shape index (κ2) is 3.54. The topological polar surface area (TPSA) is 56.0 Å². The fraction of sp³-hybridized carbons (Fsp3) is 0. The molecule has 76 valence electrons. The number of pyridine rings is 1. The highest BCUT2D eigenvalue weighted by atomic mass is 79.9. The summed E-state index contributed by atoms with van der Waals surface area (Å²) in [6, 6.07) is 2.72. The van der Waals surface area contributed by atoms with Crippen molar-refractivity contribution < 1.29 is 9.31 Å². The lowest BCUT2D eigenvalue weighted by Crippen LogP contribution is -1.94. The molecular weight excluding hydrogens is 267 g/mol. The predicted octanol–water partition coefficient (Wildman–Crippen LogP) is 3.04. The van der Waals surface area contributed by atoms with Gasteiger partial charge in [0.2, 0.25) is 5.82 Å². The molecule has 2 aromatic rings. The fourth-order valence-electron chi connectivity index (χ4n) is 1.32. The first-order valence-corrected chi connectivity index (χ1v) is 4.76. The van der Waals surface area contributed by atoms with E-state index >= 15 is 0 Å². The maximum Gasteiger partial charge on any atom is 0.319 e. The molecule has 1 aromatic heterocycles. The van der Waals surface area contributed by atoms with Gasteiger partial charge in [0, 0.05) is 17.8 Å². The number of nitro benzene ring substituents is 1. The first-order valence-electron chi connectivity index (χ1n) is 3.97. The minimum atomic E-state index is -0.856. The molecule has 0 unspecified atom stereocenters. The number of benzene rings is 1. The van der Waals surface area contributed by atoms with E-state index in [1.165, 1.54) is 12.4 Å². The van der Waals surface area contributed by atoms with Gasteiger partial charge in [0.1, 0.15) is 4.47 Å². The van der Waals surface area contributed by atoms with Crippen molar-refractivity contribution in [3.05, 3.63) is 44.9 Å². The Morgan fingerprint density at radius 1 is 1.53 bits per heavy atom. The van der Waals surface area contributed by atoms with E-state index < -0.39 is 16.4 Å². The van der Waals surface area contributed by atoms with Crippen LogP contribution in [0.2, 0.25) is 0 Å². The van der Waals surface area contributed by atoms with Crippen LogP contribution in [0, 0.1) is 15.9 Å². The van der Waals surface area contributed by atoms with Crippen molar-refractivity contribution >= 4 is 32.4 Å². The molecule has 4 nitrogen and oxygen atoms in total. The third-order valence-corrected chi connectivity index (χ3v) is 2.79. The van der Waals surface area contributed by atoms with Crippen LogP contribution in [-0.4, -0.2) is 9.91 Å². The smallest absolute Gasteiger partial charge is 0.264 e. The highest BCUT2D eigenvalue weighted by Crippen LogP contribution is 2.34. The lowest BCUT2D eigenvalue weighted by atomic mass is 10.1. The Morgan fingerprint density at radius 2 is 2.27 bits per heavy atom. The van der Waals surface area contributed by atoms with Crippen LogP contribution >= 0.6 is 15.9 Å². The molecule has 0 aliphatic carbocycles. The highest BCUT2D eigenvalue weighted by molar-refractivity contribution is 9.10. The van der Waals surface area contributed by atoms with E-state index in [1.54, 1.807) is 6.07 Å². The number of hydrogen-bond donors (Lipinski definition) is 0. The monoisotopic (exact) mass is 270 g/mol. The summed E-state index contributed by atoms with van der Waals surface area (Å²) in [5.41, 5.74) is -0.560. The zero-order valence-corrected chi connectivity index (χ0v) is 8.86. The van der Waals surface area contributed by atoms with Crippen molar-refractivity contribution in [2.24, 2.45) is 0 Å². The van der Waals surface area contributed by atoms with Crippen molar-refractivity contribution in [1.29, 1.82) is 0 Å². The number of hydrogen-bond acceptors (Lipinski definition) is 3. The standard InChI is InChI=1S/C9H4BrFN2O2/c10-8-6-4-12-2-1-5(6)3-7(11)9(8)13(14)15/h1-4H. The van der Waals surface area contributed by atoms with Crippen molar-refractivity contribution in [3.8, 4) is 0 Å². The van der Waals surface area contributed by atoms with Gasteiger partial charge in [0.05, 0.1) is 4.92 Å². The largest absolute Gasteiger partial charge is 0.319 e. The third-order valence-electron chi connectivity index (χ3n) is 1.99. The third kappa shape index (κ3) is 1.56. The molecule has 0 aliphatic rings.